The molecule has 0 aromatic carbocycles. The fraction of sp³-hybridized carbons (Fsp3) is 0.167. The minimum atomic E-state index is -0.633. The molecule has 0 spiro atoms. The molecule has 4 heterocycles. The summed E-state index contributed by atoms with van der Waals surface area (Å²) >= 11 is 0. The summed E-state index contributed by atoms with van der Waals surface area (Å²) in [5.74, 6) is -0.101. The highest BCUT2D eigenvalue weighted by atomic mass is 19.1. The molecule has 0 bridgehead atoms. The lowest BCUT2D eigenvalue weighted by Gasteiger charge is -2.24. The number of rotatable bonds is 4. The zero-order valence-electron chi connectivity index (χ0n) is 17.7. The van der Waals surface area contributed by atoms with E-state index >= 15 is 0 Å². The average molecular weight is 423 g/mol. The van der Waals surface area contributed by atoms with E-state index < -0.39 is 11.4 Å². The number of nitriles is 2. The Morgan fingerprint density at radius 3 is 2.31 bits per heavy atom. The standard InChI is InChI=1S/C24H18FN7/c1-15-10-11-16(23(25)29-15)17-6-4-7-20(30-17)24(2,3)21-8-5-9-22(31-21)32-14-28-18(12-26)19(32)13-27/h4-11,14H,1-3H3. The Labute approximate surface area is 184 Å². The molecule has 7 nitrogen and oxygen atoms in total. The first-order chi connectivity index (χ1) is 15.3. The van der Waals surface area contributed by atoms with E-state index in [1.165, 1.54) is 10.9 Å². The predicted molar refractivity (Wildman–Crippen MR) is 115 cm³/mol. The molecule has 8 heteroatoms. The number of pyridine rings is 3. The van der Waals surface area contributed by atoms with Crippen LogP contribution in [0.4, 0.5) is 4.39 Å². The van der Waals surface area contributed by atoms with Gasteiger partial charge in [-0.3, -0.25) is 9.55 Å². The fourth-order valence-electron chi connectivity index (χ4n) is 3.40. The van der Waals surface area contributed by atoms with Crippen LogP contribution >= 0.6 is 0 Å². The summed E-state index contributed by atoms with van der Waals surface area (Å²) in [5, 5.41) is 18.6. The van der Waals surface area contributed by atoms with Gasteiger partial charge in [-0.25, -0.2) is 15.0 Å². The van der Waals surface area contributed by atoms with Gasteiger partial charge in [0, 0.05) is 11.1 Å². The molecule has 0 fully saturated rings. The van der Waals surface area contributed by atoms with Crippen molar-refractivity contribution >= 4 is 0 Å². The van der Waals surface area contributed by atoms with Gasteiger partial charge in [-0.2, -0.15) is 14.9 Å². The maximum absolute atomic E-state index is 14.4. The maximum Gasteiger partial charge on any atom is 0.222 e. The van der Waals surface area contributed by atoms with Crippen LogP contribution in [-0.2, 0) is 5.41 Å². The summed E-state index contributed by atoms with van der Waals surface area (Å²) < 4.78 is 15.9. The fourth-order valence-corrected chi connectivity index (χ4v) is 3.40. The van der Waals surface area contributed by atoms with Gasteiger partial charge in [-0.1, -0.05) is 12.1 Å². The molecular formula is C24H18FN7. The van der Waals surface area contributed by atoms with Gasteiger partial charge in [0.2, 0.25) is 5.95 Å². The second kappa shape index (κ2) is 8.01. The van der Waals surface area contributed by atoms with Crippen molar-refractivity contribution in [1.29, 1.82) is 10.5 Å². The molecule has 0 unspecified atom stereocenters. The molecule has 0 amide bonds. The van der Waals surface area contributed by atoms with Crippen molar-refractivity contribution < 1.29 is 4.39 Å². The molecule has 32 heavy (non-hydrogen) atoms. The van der Waals surface area contributed by atoms with Gasteiger partial charge in [0.1, 0.15) is 24.3 Å². The second-order valence-electron chi connectivity index (χ2n) is 7.74. The summed E-state index contributed by atoms with van der Waals surface area (Å²) in [7, 11) is 0. The quantitative estimate of drug-likeness (QED) is 0.455. The molecule has 4 aromatic rings. The molecule has 0 aliphatic heterocycles. The van der Waals surface area contributed by atoms with Crippen LogP contribution in [-0.4, -0.2) is 24.5 Å². The molecule has 0 saturated heterocycles. The first-order valence-corrected chi connectivity index (χ1v) is 9.81. The van der Waals surface area contributed by atoms with E-state index in [0.717, 1.165) is 0 Å². The van der Waals surface area contributed by atoms with Crippen LogP contribution in [0.1, 0.15) is 42.3 Å². The average Bonchev–Trinajstić information content (AvgIpc) is 3.22. The smallest absolute Gasteiger partial charge is 0.222 e. The summed E-state index contributed by atoms with van der Waals surface area (Å²) in [6.07, 6.45) is 1.41. The lowest BCUT2D eigenvalue weighted by atomic mass is 9.84. The van der Waals surface area contributed by atoms with Crippen molar-refractivity contribution in [2.45, 2.75) is 26.2 Å². The lowest BCUT2D eigenvalue weighted by molar-refractivity contribution is 0.580. The Bertz CT molecular complexity index is 1410. The molecular weight excluding hydrogens is 405 g/mol. The van der Waals surface area contributed by atoms with Crippen molar-refractivity contribution in [3.63, 3.8) is 0 Å². The number of aromatic nitrogens is 5. The number of aryl methyl sites for hydroxylation is 1. The van der Waals surface area contributed by atoms with E-state index in [1.54, 1.807) is 31.2 Å². The van der Waals surface area contributed by atoms with Crippen LogP contribution in [0.2, 0.25) is 0 Å². The van der Waals surface area contributed by atoms with Gasteiger partial charge in [0.25, 0.3) is 0 Å². The number of hydrogen-bond donors (Lipinski definition) is 0. The minimum absolute atomic E-state index is 0.0436. The van der Waals surface area contributed by atoms with Crippen LogP contribution in [0.5, 0.6) is 0 Å². The molecule has 0 radical (unpaired) electrons. The van der Waals surface area contributed by atoms with Gasteiger partial charge < -0.3 is 0 Å². The second-order valence-corrected chi connectivity index (χ2v) is 7.74. The highest BCUT2D eigenvalue weighted by molar-refractivity contribution is 5.59. The van der Waals surface area contributed by atoms with Gasteiger partial charge in [-0.05, 0) is 57.2 Å². The summed E-state index contributed by atoms with van der Waals surface area (Å²) in [5.41, 5.74) is 2.33. The zero-order chi connectivity index (χ0) is 22.9. The highest BCUT2D eigenvalue weighted by Crippen LogP contribution is 2.31. The van der Waals surface area contributed by atoms with Gasteiger partial charge in [0.15, 0.2) is 11.4 Å². The van der Waals surface area contributed by atoms with Gasteiger partial charge in [-0.15, -0.1) is 0 Å². The third kappa shape index (κ3) is 3.59. The molecule has 4 rings (SSSR count). The van der Waals surface area contributed by atoms with E-state index in [1.807, 2.05) is 50.3 Å². The van der Waals surface area contributed by atoms with E-state index in [2.05, 4.69) is 9.97 Å². The first-order valence-electron chi connectivity index (χ1n) is 9.81. The minimum Gasteiger partial charge on any atom is -0.273 e. The van der Waals surface area contributed by atoms with E-state index in [9.17, 15) is 9.65 Å². The third-order valence-electron chi connectivity index (χ3n) is 5.25. The predicted octanol–water partition coefficient (Wildman–Crippen LogP) is 4.24. The molecule has 156 valence electrons. The molecule has 0 aliphatic carbocycles. The lowest BCUT2D eigenvalue weighted by Crippen LogP contribution is -2.23. The van der Waals surface area contributed by atoms with Gasteiger partial charge >= 0.3 is 0 Å². The number of nitrogens with zero attached hydrogens (tertiary/aromatic N) is 7. The Hall–Kier alpha value is -4.43. The topological polar surface area (TPSA) is 104 Å². The Kier molecular flexibility index (Phi) is 5.21. The number of hydrogen-bond acceptors (Lipinski definition) is 6. The van der Waals surface area contributed by atoms with Crippen LogP contribution < -0.4 is 0 Å². The first kappa shape index (κ1) is 20.8. The molecule has 0 N–H and O–H groups in total. The van der Waals surface area contributed by atoms with Crippen molar-refractivity contribution in [3.8, 4) is 29.2 Å². The zero-order valence-corrected chi connectivity index (χ0v) is 17.7. The van der Waals surface area contributed by atoms with Crippen LogP contribution in [0.15, 0.2) is 54.9 Å². The Balaban J connectivity index is 1.77. The molecule has 0 saturated carbocycles. The third-order valence-corrected chi connectivity index (χ3v) is 5.25. The molecule has 4 aromatic heterocycles. The van der Waals surface area contributed by atoms with Crippen molar-refractivity contribution in [2.24, 2.45) is 0 Å². The summed E-state index contributed by atoms with van der Waals surface area (Å²) in [6, 6.07) is 18.2. The number of halogens is 1. The summed E-state index contributed by atoms with van der Waals surface area (Å²) in [4.78, 5) is 17.3. The largest absolute Gasteiger partial charge is 0.273 e. The SMILES string of the molecule is Cc1ccc(-c2cccc(C(C)(C)c3cccc(-n4cnc(C#N)c4C#N)n3)n2)c(F)n1. The van der Waals surface area contributed by atoms with Crippen LogP contribution in [0.25, 0.3) is 17.1 Å². The Morgan fingerprint density at radius 2 is 1.62 bits per heavy atom. The van der Waals surface area contributed by atoms with Crippen molar-refractivity contribution in [2.75, 3.05) is 0 Å². The number of imidazole rings is 1. The van der Waals surface area contributed by atoms with Crippen molar-refractivity contribution in [3.05, 3.63) is 89.3 Å². The van der Waals surface area contributed by atoms with Gasteiger partial charge in [0.05, 0.1) is 22.6 Å². The summed E-state index contributed by atoms with van der Waals surface area (Å²) in [6.45, 7) is 5.67. The molecule has 0 aliphatic rings. The highest BCUT2D eigenvalue weighted by Gasteiger charge is 2.28. The van der Waals surface area contributed by atoms with E-state index in [4.69, 9.17) is 15.2 Å². The van der Waals surface area contributed by atoms with Crippen LogP contribution in [0.3, 0.4) is 0 Å². The Morgan fingerprint density at radius 1 is 0.906 bits per heavy atom. The van der Waals surface area contributed by atoms with E-state index in [0.29, 0.717) is 34.2 Å². The monoisotopic (exact) mass is 423 g/mol. The van der Waals surface area contributed by atoms with E-state index in [-0.39, 0.29) is 11.4 Å². The molecule has 0 atom stereocenters. The normalized spacial score (nSPS) is 11.1. The van der Waals surface area contributed by atoms with Crippen molar-refractivity contribution in [1.82, 2.24) is 24.5 Å². The van der Waals surface area contributed by atoms with Crippen LogP contribution in [0, 0.1) is 35.5 Å². The maximum atomic E-state index is 14.4.